The van der Waals surface area contributed by atoms with E-state index in [9.17, 15) is 0 Å². The molecule has 0 fully saturated rings. The maximum atomic E-state index is 8.82. The van der Waals surface area contributed by atoms with E-state index in [2.05, 4.69) is 0 Å². The molecule has 1 aromatic rings. The number of aliphatic hydroxyl groups is 1. The van der Waals surface area contributed by atoms with Gasteiger partial charge in [-0.2, -0.15) is 0 Å². The molecule has 0 bridgehead atoms. The van der Waals surface area contributed by atoms with Crippen LogP contribution in [0.5, 0.6) is 0 Å². The van der Waals surface area contributed by atoms with Crippen molar-refractivity contribution >= 4 is 0 Å². The molecule has 2 rings (SSSR count). The highest BCUT2D eigenvalue weighted by atomic mass is 16.3. The van der Waals surface area contributed by atoms with Gasteiger partial charge < -0.3 is 5.11 Å². The SMILES string of the molecule is OC1C=CCCC1.c1ccccc1. The molecule has 1 heteroatoms. The summed E-state index contributed by atoms with van der Waals surface area (Å²) in [6.07, 6.45) is 7.01. The van der Waals surface area contributed by atoms with Gasteiger partial charge in [0.15, 0.2) is 0 Å². The van der Waals surface area contributed by atoms with E-state index in [1.54, 1.807) is 0 Å². The molecule has 0 saturated heterocycles. The van der Waals surface area contributed by atoms with Gasteiger partial charge in [0.25, 0.3) is 0 Å². The zero-order valence-electron chi connectivity index (χ0n) is 7.76. The van der Waals surface area contributed by atoms with Crippen LogP contribution in [-0.2, 0) is 0 Å². The first-order valence-electron chi connectivity index (χ1n) is 4.74. The van der Waals surface area contributed by atoms with Crippen molar-refractivity contribution in [3.05, 3.63) is 48.6 Å². The van der Waals surface area contributed by atoms with E-state index < -0.39 is 0 Å². The Morgan fingerprint density at radius 3 is 1.69 bits per heavy atom. The van der Waals surface area contributed by atoms with E-state index in [4.69, 9.17) is 5.11 Å². The van der Waals surface area contributed by atoms with Crippen molar-refractivity contribution in [1.29, 1.82) is 0 Å². The van der Waals surface area contributed by atoms with Gasteiger partial charge in [0, 0.05) is 0 Å². The minimum atomic E-state index is -0.145. The van der Waals surface area contributed by atoms with Crippen LogP contribution in [0.1, 0.15) is 19.3 Å². The van der Waals surface area contributed by atoms with Gasteiger partial charge in [0.05, 0.1) is 6.10 Å². The first-order chi connectivity index (χ1) is 6.39. The lowest BCUT2D eigenvalue weighted by Gasteiger charge is -2.07. The highest BCUT2D eigenvalue weighted by Gasteiger charge is 2.00. The second-order valence-electron chi connectivity index (χ2n) is 3.08. The molecule has 70 valence electrons. The summed E-state index contributed by atoms with van der Waals surface area (Å²) in [7, 11) is 0. The Kier molecular flexibility index (Phi) is 4.95. The lowest BCUT2D eigenvalue weighted by molar-refractivity contribution is 0.204. The third kappa shape index (κ3) is 5.21. The van der Waals surface area contributed by atoms with Crippen LogP contribution in [0.15, 0.2) is 48.6 Å². The van der Waals surface area contributed by atoms with Crippen molar-refractivity contribution in [2.45, 2.75) is 25.4 Å². The van der Waals surface area contributed by atoms with Gasteiger partial charge in [0.2, 0.25) is 0 Å². The van der Waals surface area contributed by atoms with Crippen molar-refractivity contribution in [2.75, 3.05) is 0 Å². The third-order valence-corrected chi connectivity index (χ3v) is 1.90. The zero-order valence-corrected chi connectivity index (χ0v) is 7.76. The Morgan fingerprint density at radius 2 is 1.46 bits per heavy atom. The lowest BCUT2D eigenvalue weighted by Crippen LogP contribution is -2.04. The maximum absolute atomic E-state index is 8.82. The number of hydrogen-bond acceptors (Lipinski definition) is 1. The fourth-order valence-corrected chi connectivity index (χ4v) is 1.18. The van der Waals surface area contributed by atoms with E-state index in [-0.39, 0.29) is 6.10 Å². The molecule has 13 heavy (non-hydrogen) atoms. The van der Waals surface area contributed by atoms with Gasteiger partial charge in [0.1, 0.15) is 0 Å². The van der Waals surface area contributed by atoms with Crippen LogP contribution in [0, 0.1) is 0 Å². The largest absolute Gasteiger partial charge is 0.389 e. The monoisotopic (exact) mass is 176 g/mol. The molecule has 1 unspecified atom stereocenters. The molecular weight excluding hydrogens is 160 g/mol. The van der Waals surface area contributed by atoms with E-state index in [0.717, 1.165) is 19.3 Å². The summed E-state index contributed by atoms with van der Waals surface area (Å²) in [6.45, 7) is 0. The van der Waals surface area contributed by atoms with Crippen LogP contribution in [0.4, 0.5) is 0 Å². The van der Waals surface area contributed by atoms with Gasteiger partial charge in [-0.25, -0.2) is 0 Å². The van der Waals surface area contributed by atoms with Gasteiger partial charge >= 0.3 is 0 Å². The summed E-state index contributed by atoms with van der Waals surface area (Å²) in [5, 5.41) is 8.82. The molecule has 0 saturated carbocycles. The van der Waals surface area contributed by atoms with Gasteiger partial charge in [-0.3, -0.25) is 0 Å². The van der Waals surface area contributed by atoms with Crippen molar-refractivity contribution < 1.29 is 5.11 Å². The van der Waals surface area contributed by atoms with Crippen molar-refractivity contribution in [3.8, 4) is 0 Å². The Bertz CT molecular complexity index is 201. The lowest BCUT2D eigenvalue weighted by atomic mass is 10.1. The Morgan fingerprint density at radius 1 is 0.923 bits per heavy atom. The molecule has 1 aliphatic carbocycles. The van der Waals surface area contributed by atoms with Crippen LogP contribution in [0.25, 0.3) is 0 Å². The van der Waals surface area contributed by atoms with Crippen LogP contribution >= 0.6 is 0 Å². The normalized spacial score (nSPS) is 20.2. The molecule has 1 atom stereocenters. The fourth-order valence-electron chi connectivity index (χ4n) is 1.18. The van der Waals surface area contributed by atoms with E-state index in [0.29, 0.717) is 0 Å². The van der Waals surface area contributed by atoms with Crippen molar-refractivity contribution in [2.24, 2.45) is 0 Å². The maximum Gasteiger partial charge on any atom is 0.0721 e. The molecule has 1 aromatic carbocycles. The molecular formula is C12H16O. The minimum Gasteiger partial charge on any atom is -0.389 e. The van der Waals surface area contributed by atoms with Crippen LogP contribution in [0.3, 0.4) is 0 Å². The summed E-state index contributed by atoms with van der Waals surface area (Å²) in [4.78, 5) is 0. The molecule has 0 radical (unpaired) electrons. The number of allylic oxidation sites excluding steroid dienone is 1. The molecule has 1 nitrogen and oxygen atoms in total. The summed E-state index contributed by atoms with van der Waals surface area (Å²) < 4.78 is 0. The molecule has 0 spiro atoms. The predicted octanol–water partition coefficient (Wildman–Crippen LogP) is 2.77. The highest BCUT2D eigenvalue weighted by Crippen LogP contribution is 2.08. The fraction of sp³-hybridized carbons (Fsp3) is 0.333. The second kappa shape index (κ2) is 6.44. The highest BCUT2D eigenvalue weighted by molar-refractivity contribution is 4.99. The summed E-state index contributed by atoms with van der Waals surface area (Å²) >= 11 is 0. The smallest absolute Gasteiger partial charge is 0.0721 e. The van der Waals surface area contributed by atoms with Crippen LogP contribution < -0.4 is 0 Å². The zero-order chi connectivity index (χ0) is 9.36. The Hall–Kier alpha value is -1.08. The second-order valence-corrected chi connectivity index (χ2v) is 3.08. The van der Waals surface area contributed by atoms with Crippen LogP contribution in [-0.4, -0.2) is 11.2 Å². The van der Waals surface area contributed by atoms with Crippen molar-refractivity contribution in [1.82, 2.24) is 0 Å². The standard InChI is InChI=1S/C6H10O.C6H6/c7-6-4-2-1-3-5-6;1-2-4-6-5-3-1/h2,4,6-7H,1,3,5H2;1-6H. The summed E-state index contributed by atoms with van der Waals surface area (Å²) in [5.41, 5.74) is 0. The number of benzene rings is 1. The molecule has 1 aliphatic rings. The number of rotatable bonds is 0. The average Bonchev–Trinajstić information content (AvgIpc) is 2.22. The first-order valence-corrected chi connectivity index (χ1v) is 4.74. The summed E-state index contributed by atoms with van der Waals surface area (Å²) in [6, 6.07) is 12.0. The first kappa shape index (κ1) is 10.0. The average molecular weight is 176 g/mol. The predicted molar refractivity (Wildman–Crippen MR) is 55.4 cm³/mol. The Balaban J connectivity index is 0.000000132. The molecule has 0 aliphatic heterocycles. The summed E-state index contributed by atoms with van der Waals surface area (Å²) in [5.74, 6) is 0. The van der Waals surface area contributed by atoms with E-state index in [1.165, 1.54) is 0 Å². The third-order valence-electron chi connectivity index (χ3n) is 1.90. The quantitative estimate of drug-likeness (QED) is 0.603. The molecule has 0 aromatic heterocycles. The van der Waals surface area contributed by atoms with Gasteiger partial charge in [-0.1, -0.05) is 48.6 Å². The van der Waals surface area contributed by atoms with Gasteiger partial charge in [-0.15, -0.1) is 0 Å². The number of hydrogen-bond donors (Lipinski definition) is 1. The Labute approximate surface area is 79.7 Å². The van der Waals surface area contributed by atoms with Gasteiger partial charge in [-0.05, 0) is 19.3 Å². The molecule has 0 heterocycles. The van der Waals surface area contributed by atoms with Crippen LogP contribution in [0.2, 0.25) is 0 Å². The molecule has 0 amide bonds. The number of aliphatic hydroxyl groups excluding tert-OH is 1. The van der Waals surface area contributed by atoms with E-state index >= 15 is 0 Å². The van der Waals surface area contributed by atoms with Crippen molar-refractivity contribution in [3.63, 3.8) is 0 Å². The topological polar surface area (TPSA) is 20.2 Å². The molecule has 1 N–H and O–H groups in total. The minimum absolute atomic E-state index is 0.145. The van der Waals surface area contributed by atoms with E-state index in [1.807, 2.05) is 48.6 Å².